The molecule has 2 atom stereocenters. The maximum atomic E-state index is 15.0. The van der Waals surface area contributed by atoms with Crippen LogP contribution in [0.25, 0.3) is 33.2 Å². The first kappa shape index (κ1) is 29.5. The van der Waals surface area contributed by atoms with Crippen molar-refractivity contribution in [2.24, 2.45) is 4.99 Å². The number of furan rings is 1. The first-order valence-electron chi connectivity index (χ1n) is 14.8. The van der Waals surface area contributed by atoms with Gasteiger partial charge in [-0.3, -0.25) is 14.1 Å². The molecule has 10 nitrogen and oxygen atoms in total. The minimum absolute atomic E-state index is 0.200. The van der Waals surface area contributed by atoms with Crippen molar-refractivity contribution in [3.8, 4) is 11.3 Å². The monoisotopic (exact) mass is 658 g/mol. The third kappa shape index (κ3) is 4.44. The van der Waals surface area contributed by atoms with Crippen molar-refractivity contribution in [3.63, 3.8) is 0 Å². The Hall–Kier alpha value is -4.85. The summed E-state index contributed by atoms with van der Waals surface area (Å²) < 4.78 is 76.0. The molecule has 0 radical (unpaired) electrons. The van der Waals surface area contributed by atoms with E-state index in [1.807, 2.05) is 16.7 Å². The molecule has 5 aromatic rings. The number of ether oxygens (including phenoxy) is 2. The number of rotatable bonds is 5. The van der Waals surface area contributed by atoms with Crippen LogP contribution in [0.15, 0.2) is 82.2 Å². The number of halogens is 2. The maximum Gasteiger partial charge on any atom is 0.255 e. The van der Waals surface area contributed by atoms with Crippen molar-refractivity contribution >= 4 is 49.2 Å². The van der Waals surface area contributed by atoms with Crippen LogP contribution < -0.4 is 9.62 Å². The summed E-state index contributed by atoms with van der Waals surface area (Å²) >= 11 is 0. The zero-order valence-corrected chi connectivity index (χ0v) is 26.3. The lowest BCUT2D eigenvalue weighted by Gasteiger charge is -2.50. The number of hydrogen-bond donors (Lipinski definition) is 1. The molecule has 3 aliphatic heterocycles. The van der Waals surface area contributed by atoms with Crippen LogP contribution >= 0.6 is 0 Å². The molecule has 3 aromatic carbocycles. The van der Waals surface area contributed by atoms with E-state index in [-0.39, 0.29) is 28.4 Å². The molecule has 1 N–H and O–H groups in total. The van der Waals surface area contributed by atoms with Crippen LogP contribution in [0, 0.1) is 11.6 Å². The van der Waals surface area contributed by atoms with Crippen molar-refractivity contribution in [2.45, 2.75) is 17.9 Å². The number of anilines is 1. The molecule has 13 heteroatoms. The number of nitrogens with one attached hydrogen (secondary N) is 1. The maximum absolute atomic E-state index is 15.0. The van der Waals surface area contributed by atoms with Crippen molar-refractivity contribution in [1.29, 1.82) is 0 Å². The van der Waals surface area contributed by atoms with Gasteiger partial charge in [-0.25, -0.2) is 17.2 Å². The molecule has 1 fully saturated rings. The molecule has 240 valence electrons. The van der Waals surface area contributed by atoms with E-state index in [2.05, 4.69) is 5.32 Å². The number of benzene rings is 3. The number of allylic oxidation sites excluding steroid dienone is 1. The largest absolute Gasteiger partial charge is 0.455 e. The predicted molar refractivity (Wildman–Crippen MR) is 172 cm³/mol. The lowest BCUT2D eigenvalue weighted by atomic mass is 9.94. The summed E-state index contributed by atoms with van der Waals surface area (Å²) in [5.41, 5.74) is 2.60. The van der Waals surface area contributed by atoms with Crippen LogP contribution in [0.2, 0.25) is 0 Å². The molecule has 1 saturated heterocycles. The Labute approximate surface area is 267 Å². The Morgan fingerprint density at radius 1 is 1.09 bits per heavy atom. The van der Waals surface area contributed by atoms with Crippen LogP contribution in [-0.4, -0.2) is 64.3 Å². The number of carbonyl (C=O) groups excluding carboxylic acids is 1. The summed E-state index contributed by atoms with van der Waals surface area (Å²) in [6.07, 6.45) is 4.20. The van der Waals surface area contributed by atoms with Gasteiger partial charge >= 0.3 is 0 Å². The molecular weight excluding hydrogens is 630 g/mol. The number of amides is 1. The van der Waals surface area contributed by atoms with Crippen LogP contribution in [0.1, 0.15) is 27.7 Å². The summed E-state index contributed by atoms with van der Waals surface area (Å²) in [4.78, 5) is 18.4. The third-order valence-electron chi connectivity index (χ3n) is 9.06. The highest BCUT2D eigenvalue weighted by atomic mass is 32.2. The van der Waals surface area contributed by atoms with Crippen molar-refractivity contribution in [3.05, 3.63) is 101 Å². The summed E-state index contributed by atoms with van der Waals surface area (Å²) in [6.45, 7) is 0.597. The van der Waals surface area contributed by atoms with Crippen LogP contribution in [0.3, 0.4) is 0 Å². The Bertz CT molecular complexity index is 2300. The van der Waals surface area contributed by atoms with Gasteiger partial charge in [0, 0.05) is 47.8 Å². The van der Waals surface area contributed by atoms with Crippen molar-refractivity contribution < 1.29 is 35.9 Å². The lowest BCUT2D eigenvalue weighted by molar-refractivity contribution is -0.283. The van der Waals surface area contributed by atoms with Gasteiger partial charge in [-0.1, -0.05) is 12.1 Å². The smallest absolute Gasteiger partial charge is 0.255 e. The minimum atomic E-state index is -3.76. The number of hydrogen-bond acceptors (Lipinski definition) is 7. The molecule has 2 aromatic heterocycles. The van der Waals surface area contributed by atoms with E-state index in [1.165, 1.54) is 44.4 Å². The topological polar surface area (TPSA) is 115 Å². The zero-order valence-electron chi connectivity index (χ0n) is 25.5. The van der Waals surface area contributed by atoms with Crippen molar-refractivity contribution in [1.82, 2.24) is 9.88 Å². The van der Waals surface area contributed by atoms with Gasteiger partial charge in [0.05, 0.1) is 41.9 Å². The fourth-order valence-electron chi connectivity index (χ4n) is 6.65. The van der Waals surface area contributed by atoms with E-state index in [0.29, 0.717) is 46.3 Å². The predicted octanol–water partition coefficient (Wildman–Crippen LogP) is 5.27. The normalized spacial score (nSPS) is 19.7. The summed E-state index contributed by atoms with van der Waals surface area (Å²) in [7, 11) is -0.857. The average Bonchev–Trinajstić information content (AvgIpc) is 3.62. The van der Waals surface area contributed by atoms with Gasteiger partial charge in [-0.15, -0.1) is 0 Å². The molecule has 1 amide bonds. The Balaban J connectivity index is 1.35. The van der Waals surface area contributed by atoms with Crippen molar-refractivity contribution in [2.75, 3.05) is 37.9 Å². The Kier molecular flexibility index (Phi) is 6.49. The number of sulfonamides is 1. The highest BCUT2D eigenvalue weighted by Gasteiger charge is 2.52. The van der Waals surface area contributed by atoms with E-state index < -0.39 is 39.6 Å². The number of aliphatic imine (C=N–C) groups is 1. The second kappa shape index (κ2) is 10.3. The molecule has 0 saturated carbocycles. The third-order valence-corrected chi connectivity index (χ3v) is 10.2. The van der Waals surface area contributed by atoms with Gasteiger partial charge in [0.1, 0.15) is 35.1 Å². The van der Waals surface area contributed by atoms with Gasteiger partial charge in [0.2, 0.25) is 10.0 Å². The summed E-state index contributed by atoms with van der Waals surface area (Å²) in [5, 5.41) is 3.48. The number of fused-ring (bicyclic) bond motifs is 7. The van der Waals surface area contributed by atoms with Gasteiger partial charge in [-0.05, 0) is 54.6 Å². The standard InChI is InChI=1S/C34H28F2N4O6S/c1-37-33(41)30-22-13-21(26(39(2)47(3,42)43)15-29(22)45-32(30)18-7-9-19(35)10-8-18)24-11-12-28-31(38-24)27-14-20-23(36)5-4-6-25(20)40(27)34(46-28)16-44-17-34/h4-15,28,31H,16-17H2,1-3H3,(H,37,41). The lowest BCUT2D eigenvalue weighted by Crippen LogP contribution is -2.59. The number of dihydropyridines is 1. The van der Waals surface area contributed by atoms with E-state index in [1.54, 1.807) is 30.3 Å². The minimum Gasteiger partial charge on any atom is -0.455 e. The van der Waals surface area contributed by atoms with Gasteiger partial charge < -0.3 is 23.8 Å². The molecule has 0 bridgehead atoms. The quantitative estimate of drug-likeness (QED) is 0.275. The first-order chi connectivity index (χ1) is 22.5. The highest BCUT2D eigenvalue weighted by molar-refractivity contribution is 7.92. The van der Waals surface area contributed by atoms with E-state index in [4.69, 9.17) is 18.9 Å². The van der Waals surface area contributed by atoms with Gasteiger partial charge in [-0.2, -0.15) is 0 Å². The summed E-state index contributed by atoms with van der Waals surface area (Å²) in [5.74, 6) is -1.06. The molecule has 5 heterocycles. The Morgan fingerprint density at radius 3 is 2.53 bits per heavy atom. The molecule has 47 heavy (non-hydrogen) atoms. The van der Waals surface area contributed by atoms with E-state index in [9.17, 15) is 17.6 Å². The van der Waals surface area contributed by atoms with E-state index >= 15 is 4.39 Å². The van der Waals surface area contributed by atoms with Gasteiger partial charge in [0.15, 0.2) is 5.72 Å². The Morgan fingerprint density at radius 2 is 1.85 bits per heavy atom. The molecular formula is C34H28F2N4O6S. The number of carbonyl (C=O) groups is 1. The second-order valence-electron chi connectivity index (χ2n) is 11.9. The van der Waals surface area contributed by atoms with Crippen LogP contribution in [0.4, 0.5) is 14.5 Å². The SMILES string of the molecule is CNC(=O)c1c(-c2ccc(F)cc2)oc2cc(N(C)S(C)(=O)=O)c(C3=NC4c5cc6c(F)cccc6n5C5(COC5)OC4C=C3)cc12. The highest BCUT2D eigenvalue weighted by Crippen LogP contribution is 2.47. The molecule has 2 unspecified atom stereocenters. The van der Waals surface area contributed by atoms with Crippen LogP contribution in [-0.2, 0) is 25.2 Å². The molecule has 3 aliphatic rings. The van der Waals surface area contributed by atoms with E-state index in [0.717, 1.165) is 16.3 Å². The first-order valence-corrected chi connectivity index (χ1v) is 16.7. The zero-order chi connectivity index (χ0) is 32.8. The molecule has 1 spiro atoms. The summed E-state index contributed by atoms with van der Waals surface area (Å²) in [6, 6.07) is 14.8. The average molecular weight is 659 g/mol. The van der Waals surface area contributed by atoms with Crippen LogP contribution in [0.5, 0.6) is 0 Å². The fourth-order valence-corrected chi connectivity index (χ4v) is 7.16. The second-order valence-corrected chi connectivity index (χ2v) is 13.9. The number of nitrogens with zero attached hydrogens (tertiary/aromatic N) is 3. The fraction of sp³-hybridized carbons (Fsp3) is 0.235. The van der Waals surface area contributed by atoms with Gasteiger partial charge in [0.25, 0.3) is 5.91 Å². The number of aromatic nitrogens is 1. The molecule has 0 aliphatic carbocycles. The molecule has 8 rings (SSSR count).